The number of esters is 1. The minimum atomic E-state index is -0.834. The third-order valence-electron chi connectivity index (χ3n) is 4.90. The van der Waals surface area contributed by atoms with Gasteiger partial charge in [0.05, 0.1) is 23.4 Å². The molecule has 0 aliphatic carbocycles. The summed E-state index contributed by atoms with van der Waals surface area (Å²) in [5.74, 6) is 0.508. The van der Waals surface area contributed by atoms with Crippen LogP contribution in [0.1, 0.15) is 42.6 Å². The first-order valence-electron chi connectivity index (χ1n) is 11.4. The van der Waals surface area contributed by atoms with Gasteiger partial charge in [0.25, 0.3) is 5.91 Å². The zero-order chi connectivity index (χ0) is 25.9. The predicted molar refractivity (Wildman–Crippen MR) is 141 cm³/mol. The molecule has 1 atom stereocenters. The van der Waals surface area contributed by atoms with Crippen molar-refractivity contribution in [1.82, 2.24) is 5.43 Å². The lowest BCUT2D eigenvalue weighted by atomic mass is 10.2. The molecule has 0 aliphatic heterocycles. The zero-order valence-corrected chi connectivity index (χ0v) is 21.4. The second-order valence-electron chi connectivity index (χ2n) is 7.75. The molecule has 0 saturated heterocycles. The van der Waals surface area contributed by atoms with E-state index in [9.17, 15) is 9.59 Å². The van der Waals surface area contributed by atoms with Gasteiger partial charge in [-0.05, 0) is 85.6 Å². The number of halogens is 2. The highest BCUT2D eigenvalue weighted by Gasteiger charge is 2.16. The van der Waals surface area contributed by atoms with Gasteiger partial charge in [0, 0.05) is 5.02 Å². The Hall–Kier alpha value is -3.55. The lowest BCUT2D eigenvalue weighted by molar-refractivity contribution is -0.127. The van der Waals surface area contributed by atoms with Crippen molar-refractivity contribution >= 4 is 41.3 Å². The van der Waals surface area contributed by atoms with Crippen LogP contribution in [-0.4, -0.2) is 30.8 Å². The molecule has 36 heavy (non-hydrogen) atoms. The molecular formula is C27H26Cl2N2O5. The van der Waals surface area contributed by atoms with Crippen molar-refractivity contribution in [3.63, 3.8) is 0 Å². The van der Waals surface area contributed by atoms with Crippen molar-refractivity contribution in [3.8, 4) is 17.2 Å². The van der Waals surface area contributed by atoms with Gasteiger partial charge in [-0.1, -0.05) is 36.5 Å². The van der Waals surface area contributed by atoms with Crippen LogP contribution >= 0.6 is 23.2 Å². The third-order valence-corrected chi connectivity index (χ3v) is 5.43. The Labute approximate surface area is 220 Å². The smallest absolute Gasteiger partial charge is 0.343 e. The molecule has 188 valence electrons. The van der Waals surface area contributed by atoms with Crippen LogP contribution in [0, 0.1) is 0 Å². The summed E-state index contributed by atoms with van der Waals surface area (Å²) < 4.78 is 16.6. The number of rotatable bonds is 11. The topological polar surface area (TPSA) is 86.2 Å². The number of hydrazone groups is 1. The number of unbranched alkanes of at least 4 members (excludes halogenated alkanes) is 1. The molecule has 9 heteroatoms. The third kappa shape index (κ3) is 8.29. The highest BCUT2D eigenvalue weighted by Crippen LogP contribution is 2.28. The van der Waals surface area contributed by atoms with Crippen LogP contribution in [0.2, 0.25) is 10.0 Å². The number of hydrogen-bond acceptors (Lipinski definition) is 6. The van der Waals surface area contributed by atoms with Gasteiger partial charge in [0.15, 0.2) is 6.10 Å². The molecule has 1 N–H and O–H groups in total. The molecule has 0 radical (unpaired) electrons. The Morgan fingerprint density at radius 3 is 2.36 bits per heavy atom. The van der Waals surface area contributed by atoms with Gasteiger partial charge in [-0.15, -0.1) is 0 Å². The Balaban J connectivity index is 1.47. The van der Waals surface area contributed by atoms with E-state index in [-0.39, 0.29) is 0 Å². The number of ether oxygens (including phenoxy) is 3. The molecule has 1 unspecified atom stereocenters. The van der Waals surface area contributed by atoms with E-state index < -0.39 is 18.0 Å². The predicted octanol–water partition coefficient (Wildman–Crippen LogP) is 6.31. The lowest BCUT2D eigenvalue weighted by Crippen LogP contribution is -2.33. The molecule has 0 aliphatic rings. The molecule has 0 heterocycles. The molecule has 0 aromatic heterocycles. The number of amides is 1. The number of nitrogens with zero attached hydrogens (tertiary/aromatic N) is 1. The highest BCUT2D eigenvalue weighted by molar-refractivity contribution is 6.35. The number of carbonyl (C=O) groups excluding carboxylic acids is 2. The van der Waals surface area contributed by atoms with Gasteiger partial charge in [-0.3, -0.25) is 4.79 Å². The fraction of sp³-hybridized carbons (Fsp3) is 0.222. The van der Waals surface area contributed by atoms with Crippen LogP contribution < -0.4 is 19.6 Å². The summed E-state index contributed by atoms with van der Waals surface area (Å²) in [5, 5.41) is 4.71. The summed E-state index contributed by atoms with van der Waals surface area (Å²) in [5.41, 5.74) is 3.52. The molecule has 0 spiro atoms. The van der Waals surface area contributed by atoms with E-state index in [1.807, 2.05) is 0 Å². The summed E-state index contributed by atoms with van der Waals surface area (Å²) in [6.07, 6.45) is 2.66. The number of benzene rings is 3. The molecule has 3 aromatic carbocycles. The molecular weight excluding hydrogens is 503 g/mol. The summed E-state index contributed by atoms with van der Waals surface area (Å²) in [7, 11) is 0. The van der Waals surface area contributed by atoms with E-state index in [2.05, 4.69) is 17.5 Å². The summed E-state index contributed by atoms with van der Waals surface area (Å²) >= 11 is 11.9. The Bertz CT molecular complexity index is 1200. The first-order chi connectivity index (χ1) is 17.4. The number of hydrogen-bond donors (Lipinski definition) is 1. The van der Waals surface area contributed by atoms with E-state index in [1.165, 1.54) is 12.3 Å². The molecule has 0 bridgehead atoms. The second-order valence-corrected chi connectivity index (χ2v) is 8.60. The Morgan fingerprint density at radius 1 is 1.00 bits per heavy atom. The van der Waals surface area contributed by atoms with Crippen molar-refractivity contribution in [3.05, 3.63) is 87.9 Å². The van der Waals surface area contributed by atoms with Crippen molar-refractivity contribution in [1.29, 1.82) is 0 Å². The van der Waals surface area contributed by atoms with Crippen molar-refractivity contribution in [2.45, 2.75) is 32.8 Å². The molecule has 3 rings (SSSR count). The fourth-order valence-corrected chi connectivity index (χ4v) is 3.34. The van der Waals surface area contributed by atoms with Crippen molar-refractivity contribution in [2.24, 2.45) is 5.10 Å². The Kier molecular flexibility index (Phi) is 10.2. The van der Waals surface area contributed by atoms with E-state index in [0.717, 1.165) is 12.8 Å². The summed E-state index contributed by atoms with van der Waals surface area (Å²) in [4.78, 5) is 24.6. The van der Waals surface area contributed by atoms with Crippen LogP contribution in [0.4, 0.5) is 0 Å². The minimum Gasteiger partial charge on any atom is -0.494 e. The van der Waals surface area contributed by atoms with Crippen LogP contribution in [0.3, 0.4) is 0 Å². The maximum Gasteiger partial charge on any atom is 0.343 e. The van der Waals surface area contributed by atoms with Crippen molar-refractivity contribution in [2.75, 3.05) is 6.61 Å². The second kappa shape index (κ2) is 13.5. The van der Waals surface area contributed by atoms with Gasteiger partial charge < -0.3 is 14.2 Å². The standard InChI is InChI=1S/C27H26Cl2N2O5/c1-3-4-15-34-22-12-7-20(8-13-22)27(33)36-23-10-5-19(6-11-23)17-30-31-26(32)18(2)35-25-14-9-21(28)16-24(25)29/h5-14,16-18H,3-4,15H2,1-2H3,(H,31,32)/b30-17+. The van der Waals surface area contributed by atoms with E-state index >= 15 is 0 Å². The number of carbonyl (C=O) groups is 2. The normalized spacial score (nSPS) is 11.7. The summed E-state index contributed by atoms with van der Waals surface area (Å²) in [6.45, 7) is 4.31. The first-order valence-corrected chi connectivity index (χ1v) is 12.1. The maximum absolute atomic E-state index is 12.4. The minimum absolute atomic E-state index is 0.305. The average Bonchev–Trinajstić information content (AvgIpc) is 2.87. The fourth-order valence-electron chi connectivity index (χ4n) is 2.89. The zero-order valence-electron chi connectivity index (χ0n) is 19.9. The monoisotopic (exact) mass is 528 g/mol. The molecule has 0 fully saturated rings. The lowest BCUT2D eigenvalue weighted by Gasteiger charge is -2.14. The SMILES string of the molecule is CCCCOc1ccc(C(=O)Oc2ccc(/C=N/NC(=O)C(C)Oc3ccc(Cl)cc3Cl)cc2)cc1. The number of nitrogens with one attached hydrogen (secondary N) is 1. The summed E-state index contributed by atoms with van der Waals surface area (Å²) in [6, 6.07) is 18.2. The van der Waals surface area contributed by atoms with E-state index in [0.29, 0.717) is 45.0 Å². The van der Waals surface area contributed by atoms with E-state index in [4.69, 9.17) is 37.4 Å². The van der Waals surface area contributed by atoms with Crippen LogP contribution in [0.25, 0.3) is 0 Å². The van der Waals surface area contributed by atoms with Gasteiger partial charge >= 0.3 is 5.97 Å². The quantitative estimate of drug-likeness (QED) is 0.103. The molecule has 7 nitrogen and oxygen atoms in total. The molecule has 1 amide bonds. The van der Waals surface area contributed by atoms with Gasteiger partial charge in [0.2, 0.25) is 0 Å². The van der Waals surface area contributed by atoms with Crippen molar-refractivity contribution < 1.29 is 23.8 Å². The molecule has 0 saturated carbocycles. The highest BCUT2D eigenvalue weighted by atomic mass is 35.5. The van der Waals surface area contributed by atoms with Crippen LogP contribution in [0.15, 0.2) is 71.8 Å². The average molecular weight is 529 g/mol. The van der Waals surface area contributed by atoms with Crippen LogP contribution in [0.5, 0.6) is 17.2 Å². The maximum atomic E-state index is 12.4. The molecule has 3 aromatic rings. The largest absolute Gasteiger partial charge is 0.494 e. The van der Waals surface area contributed by atoms with E-state index in [1.54, 1.807) is 67.6 Å². The van der Waals surface area contributed by atoms with Gasteiger partial charge in [0.1, 0.15) is 17.2 Å². The van der Waals surface area contributed by atoms with Gasteiger partial charge in [-0.25, -0.2) is 10.2 Å². The first kappa shape index (κ1) is 27.0. The van der Waals surface area contributed by atoms with Crippen LogP contribution in [-0.2, 0) is 4.79 Å². The Morgan fingerprint density at radius 2 is 1.69 bits per heavy atom. The van der Waals surface area contributed by atoms with Gasteiger partial charge in [-0.2, -0.15) is 5.10 Å².